The van der Waals surface area contributed by atoms with Crippen molar-refractivity contribution in [2.45, 2.75) is 64.0 Å². The zero-order valence-electron chi connectivity index (χ0n) is 13.8. The van der Waals surface area contributed by atoms with Crippen molar-refractivity contribution in [2.75, 3.05) is 13.2 Å². The van der Waals surface area contributed by atoms with Crippen LogP contribution >= 0.6 is 0 Å². The molecule has 0 amide bonds. The number of aliphatic hydroxyl groups is 5. The van der Waals surface area contributed by atoms with Gasteiger partial charge in [0.25, 0.3) is 0 Å². The number of aliphatic hydroxyl groups excluding tert-OH is 5. The number of allylic oxidation sites excluding steroid dienone is 1. The van der Waals surface area contributed by atoms with Crippen molar-refractivity contribution in [2.24, 2.45) is 0 Å². The van der Waals surface area contributed by atoms with Gasteiger partial charge >= 0.3 is 0 Å². The highest BCUT2D eigenvalue weighted by Gasteiger charge is 2.43. The van der Waals surface area contributed by atoms with Gasteiger partial charge in [0.1, 0.15) is 24.4 Å². The van der Waals surface area contributed by atoms with Gasteiger partial charge in [0.2, 0.25) is 0 Å². The standard InChI is InChI=1S/C16H28O7/c1-9(2)4-5-11(18)10(3)6-7-22-16-15(21)14(20)13(19)12(8-17)23-16/h4,6,11-21H,5,7-8H2,1-3H3/b10-6+. The SMILES string of the molecule is CC(C)=CCC(O)/C(C)=C/COC1OC(CO)C(O)C(O)C1O. The van der Waals surface area contributed by atoms with Crippen LogP contribution in [0, 0.1) is 0 Å². The minimum Gasteiger partial charge on any atom is -0.394 e. The van der Waals surface area contributed by atoms with E-state index >= 15 is 0 Å². The average molecular weight is 332 g/mol. The zero-order valence-corrected chi connectivity index (χ0v) is 13.8. The Morgan fingerprint density at radius 2 is 1.74 bits per heavy atom. The van der Waals surface area contributed by atoms with Gasteiger partial charge in [-0.05, 0) is 32.8 Å². The Balaban J connectivity index is 2.53. The number of ether oxygens (including phenoxy) is 2. The minimum absolute atomic E-state index is 0.0560. The van der Waals surface area contributed by atoms with Crippen LogP contribution in [-0.2, 0) is 9.47 Å². The molecular formula is C16H28O7. The first-order valence-electron chi connectivity index (χ1n) is 7.68. The average Bonchev–Trinajstić information content (AvgIpc) is 2.52. The van der Waals surface area contributed by atoms with Crippen LogP contribution in [0.4, 0.5) is 0 Å². The molecule has 1 heterocycles. The molecule has 0 spiro atoms. The first-order chi connectivity index (χ1) is 10.8. The maximum atomic E-state index is 9.96. The third kappa shape index (κ3) is 5.96. The molecule has 0 saturated carbocycles. The second-order valence-corrected chi connectivity index (χ2v) is 6.01. The fourth-order valence-electron chi connectivity index (χ4n) is 2.15. The lowest BCUT2D eigenvalue weighted by Gasteiger charge is -2.39. The molecule has 0 aromatic heterocycles. The Labute approximate surface area is 136 Å². The van der Waals surface area contributed by atoms with Gasteiger partial charge in [0.05, 0.1) is 19.3 Å². The number of hydrogen-bond donors (Lipinski definition) is 5. The lowest BCUT2D eigenvalue weighted by molar-refractivity contribution is -0.298. The molecular weight excluding hydrogens is 304 g/mol. The summed E-state index contributed by atoms with van der Waals surface area (Å²) >= 11 is 0. The van der Waals surface area contributed by atoms with Gasteiger partial charge in [0, 0.05) is 0 Å². The number of hydrogen-bond acceptors (Lipinski definition) is 7. The van der Waals surface area contributed by atoms with E-state index in [4.69, 9.17) is 14.6 Å². The summed E-state index contributed by atoms with van der Waals surface area (Å²) in [6.07, 6.45) is -2.97. The van der Waals surface area contributed by atoms with Crippen molar-refractivity contribution in [3.05, 3.63) is 23.3 Å². The first-order valence-corrected chi connectivity index (χ1v) is 7.68. The predicted molar refractivity (Wildman–Crippen MR) is 83.5 cm³/mol. The highest BCUT2D eigenvalue weighted by molar-refractivity contribution is 5.08. The van der Waals surface area contributed by atoms with E-state index in [2.05, 4.69) is 0 Å². The lowest BCUT2D eigenvalue weighted by atomic mass is 9.99. The quantitative estimate of drug-likeness (QED) is 0.397. The Morgan fingerprint density at radius 1 is 1.09 bits per heavy atom. The molecule has 0 aliphatic carbocycles. The van der Waals surface area contributed by atoms with E-state index in [1.54, 1.807) is 13.0 Å². The predicted octanol–water partition coefficient (Wildman–Crippen LogP) is -0.534. The Kier molecular flexibility index (Phi) is 8.35. The summed E-state index contributed by atoms with van der Waals surface area (Å²) in [6, 6.07) is 0. The topological polar surface area (TPSA) is 120 Å². The summed E-state index contributed by atoms with van der Waals surface area (Å²) in [6.45, 7) is 5.23. The first kappa shape index (κ1) is 20.2. The molecule has 1 saturated heterocycles. The normalized spacial score (nSPS) is 33.4. The largest absolute Gasteiger partial charge is 0.394 e. The van der Waals surface area contributed by atoms with Crippen molar-refractivity contribution in [1.82, 2.24) is 0 Å². The highest BCUT2D eigenvalue weighted by atomic mass is 16.7. The van der Waals surface area contributed by atoms with Crippen molar-refractivity contribution in [1.29, 1.82) is 0 Å². The molecule has 0 bridgehead atoms. The fraction of sp³-hybridized carbons (Fsp3) is 0.750. The molecule has 6 unspecified atom stereocenters. The summed E-state index contributed by atoms with van der Waals surface area (Å²) in [5, 5.41) is 48.2. The van der Waals surface area contributed by atoms with Crippen molar-refractivity contribution < 1.29 is 35.0 Å². The molecule has 7 nitrogen and oxygen atoms in total. The van der Waals surface area contributed by atoms with Gasteiger partial charge in [0.15, 0.2) is 6.29 Å². The summed E-state index contributed by atoms with van der Waals surface area (Å²) in [5.74, 6) is 0. The van der Waals surface area contributed by atoms with Gasteiger partial charge in [-0.15, -0.1) is 0 Å². The van der Waals surface area contributed by atoms with Crippen LogP contribution in [0.3, 0.4) is 0 Å². The van der Waals surface area contributed by atoms with E-state index < -0.39 is 43.4 Å². The Bertz CT molecular complexity index is 415. The van der Waals surface area contributed by atoms with E-state index in [-0.39, 0.29) is 6.61 Å². The van der Waals surface area contributed by atoms with Crippen LogP contribution in [0.2, 0.25) is 0 Å². The second-order valence-electron chi connectivity index (χ2n) is 6.01. The smallest absolute Gasteiger partial charge is 0.187 e. The summed E-state index contributed by atoms with van der Waals surface area (Å²) in [5.41, 5.74) is 1.83. The molecule has 23 heavy (non-hydrogen) atoms. The van der Waals surface area contributed by atoms with Gasteiger partial charge in [-0.25, -0.2) is 0 Å². The molecule has 1 rings (SSSR count). The Morgan fingerprint density at radius 3 is 2.30 bits per heavy atom. The monoisotopic (exact) mass is 332 g/mol. The van der Waals surface area contributed by atoms with E-state index in [0.717, 1.165) is 5.57 Å². The third-order valence-corrected chi connectivity index (χ3v) is 3.79. The molecule has 6 atom stereocenters. The molecule has 0 aromatic carbocycles. The second kappa shape index (κ2) is 9.48. The fourth-order valence-corrected chi connectivity index (χ4v) is 2.15. The lowest BCUT2D eigenvalue weighted by Crippen LogP contribution is -2.59. The van der Waals surface area contributed by atoms with Gasteiger partial charge in [-0.1, -0.05) is 17.7 Å². The molecule has 1 aliphatic rings. The van der Waals surface area contributed by atoms with Crippen LogP contribution in [0.1, 0.15) is 27.2 Å². The molecule has 134 valence electrons. The molecule has 0 radical (unpaired) electrons. The van der Waals surface area contributed by atoms with E-state index in [0.29, 0.717) is 12.0 Å². The van der Waals surface area contributed by atoms with Crippen LogP contribution in [0.5, 0.6) is 0 Å². The highest BCUT2D eigenvalue weighted by Crippen LogP contribution is 2.22. The number of rotatable bonds is 7. The Hall–Kier alpha value is -0.800. The van der Waals surface area contributed by atoms with E-state index in [1.807, 2.05) is 19.9 Å². The summed E-state index contributed by atoms with van der Waals surface area (Å²) in [7, 11) is 0. The molecule has 0 aromatic rings. The summed E-state index contributed by atoms with van der Waals surface area (Å²) in [4.78, 5) is 0. The van der Waals surface area contributed by atoms with Crippen molar-refractivity contribution >= 4 is 0 Å². The molecule has 5 N–H and O–H groups in total. The van der Waals surface area contributed by atoms with Gasteiger partial charge < -0.3 is 35.0 Å². The van der Waals surface area contributed by atoms with Crippen molar-refractivity contribution in [3.63, 3.8) is 0 Å². The van der Waals surface area contributed by atoms with Gasteiger partial charge in [-0.2, -0.15) is 0 Å². The third-order valence-electron chi connectivity index (χ3n) is 3.79. The maximum Gasteiger partial charge on any atom is 0.187 e. The zero-order chi connectivity index (χ0) is 17.6. The van der Waals surface area contributed by atoms with Crippen molar-refractivity contribution in [3.8, 4) is 0 Å². The van der Waals surface area contributed by atoms with E-state index in [1.165, 1.54) is 0 Å². The van der Waals surface area contributed by atoms with Crippen LogP contribution in [0.25, 0.3) is 0 Å². The van der Waals surface area contributed by atoms with Crippen LogP contribution < -0.4 is 0 Å². The molecule has 1 aliphatic heterocycles. The van der Waals surface area contributed by atoms with E-state index in [9.17, 15) is 20.4 Å². The maximum absolute atomic E-state index is 9.96. The molecule has 1 fully saturated rings. The van der Waals surface area contributed by atoms with Crippen LogP contribution in [0.15, 0.2) is 23.3 Å². The van der Waals surface area contributed by atoms with Gasteiger partial charge in [-0.3, -0.25) is 0 Å². The summed E-state index contributed by atoms with van der Waals surface area (Å²) < 4.78 is 10.6. The van der Waals surface area contributed by atoms with Crippen LogP contribution in [-0.4, -0.2) is 75.6 Å². The minimum atomic E-state index is -1.46. The molecule has 7 heteroatoms.